The number of aliphatic hydroxyl groups is 1. The lowest BCUT2D eigenvalue weighted by atomic mass is 9.72. The molecule has 2 rings (SSSR count). The minimum atomic E-state index is -0.892. The number of hydrogen-bond donors (Lipinski definition) is 2. The van der Waals surface area contributed by atoms with Gasteiger partial charge in [0, 0.05) is 23.4 Å². The van der Waals surface area contributed by atoms with E-state index >= 15 is 0 Å². The molecule has 20 heavy (non-hydrogen) atoms. The molecule has 0 radical (unpaired) electrons. The number of carbonyl (C=O) groups excluding carboxylic acids is 1. The Morgan fingerprint density at radius 2 is 2.40 bits per heavy atom. The fraction of sp³-hybridized carbons (Fsp3) is 0.714. The van der Waals surface area contributed by atoms with Crippen LogP contribution in [0.1, 0.15) is 42.1 Å². The lowest BCUT2D eigenvalue weighted by molar-refractivity contribution is -0.148. The molecule has 1 aromatic rings. The molecule has 1 unspecified atom stereocenters. The van der Waals surface area contributed by atoms with Crippen molar-refractivity contribution >= 4 is 17.4 Å². The van der Waals surface area contributed by atoms with Crippen LogP contribution >= 0.6 is 11.5 Å². The Labute approximate surface area is 123 Å². The third-order valence-electron chi connectivity index (χ3n) is 4.03. The average Bonchev–Trinajstić information content (AvgIpc) is 2.83. The Morgan fingerprint density at radius 3 is 2.95 bits per heavy atom. The highest BCUT2D eigenvalue weighted by atomic mass is 32.1. The Hall–Kier alpha value is -0.980. The smallest absolute Gasteiger partial charge is 0.271 e. The van der Waals surface area contributed by atoms with Crippen LogP contribution in [0.25, 0.3) is 0 Å². The highest BCUT2D eigenvalue weighted by Crippen LogP contribution is 2.36. The molecule has 1 aromatic heterocycles. The summed E-state index contributed by atoms with van der Waals surface area (Å²) < 4.78 is 9.48. The van der Waals surface area contributed by atoms with Crippen LogP contribution in [-0.2, 0) is 4.74 Å². The van der Waals surface area contributed by atoms with Gasteiger partial charge in [-0.25, -0.2) is 0 Å². The van der Waals surface area contributed by atoms with Crippen LogP contribution in [-0.4, -0.2) is 40.7 Å². The summed E-state index contributed by atoms with van der Waals surface area (Å²) in [7, 11) is 0. The predicted molar refractivity (Wildman–Crippen MR) is 78.0 cm³/mol. The average molecular weight is 298 g/mol. The summed E-state index contributed by atoms with van der Waals surface area (Å²) in [6.07, 6.45) is 1.55. The molecule has 5 nitrogen and oxygen atoms in total. The molecule has 0 bridgehead atoms. The first kappa shape index (κ1) is 15.4. The first-order chi connectivity index (χ1) is 9.34. The highest BCUT2D eigenvalue weighted by Gasteiger charge is 2.44. The number of hydrogen-bond acceptors (Lipinski definition) is 5. The molecule has 1 aliphatic heterocycles. The van der Waals surface area contributed by atoms with E-state index in [0.29, 0.717) is 31.9 Å². The van der Waals surface area contributed by atoms with Gasteiger partial charge in [0.25, 0.3) is 5.91 Å². The van der Waals surface area contributed by atoms with Gasteiger partial charge < -0.3 is 15.2 Å². The van der Waals surface area contributed by atoms with Crippen molar-refractivity contribution in [3.05, 3.63) is 16.6 Å². The number of rotatable bonds is 4. The monoisotopic (exact) mass is 298 g/mol. The molecule has 0 aliphatic carbocycles. The molecule has 112 valence electrons. The summed E-state index contributed by atoms with van der Waals surface area (Å²) in [6, 6.07) is 1.77. The summed E-state index contributed by atoms with van der Waals surface area (Å²) in [5.74, 6) is -0.192. The quantitative estimate of drug-likeness (QED) is 0.888. The summed E-state index contributed by atoms with van der Waals surface area (Å²) >= 11 is 1.31. The number of amides is 1. The van der Waals surface area contributed by atoms with Crippen LogP contribution in [0, 0.1) is 12.3 Å². The van der Waals surface area contributed by atoms with Crippen LogP contribution in [0.15, 0.2) is 6.07 Å². The van der Waals surface area contributed by atoms with Crippen molar-refractivity contribution in [2.45, 2.75) is 39.2 Å². The van der Waals surface area contributed by atoms with Gasteiger partial charge in [0.1, 0.15) is 5.69 Å². The number of nitrogens with zero attached hydrogens (tertiary/aromatic N) is 1. The van der Waals surface area contributed by atoms with E-state index in [2.05, 4.69) is 9.69 Å². The van der Waals surface area contributed by atoms with E-state index in [4.69, 9.17) is 4.74 Å². The predicted octanol–water partition coefficient (Wildman–Crippen LogP) is 1.75. The second-order valence-corrected chi connectivity index (χ2v) is 7.09. The Bertz CT molecular complexity index is 479. The number of carbonyl (C=O) groups is 1. The lowest BCUT2D eigenvalue weighted by Gasteiger charge is -2.44. The second kappa shape index (κ2) is 5.79. The number of aryl methyl sites for hydroxylation is 1. The molecule has 1 atom stereocenters. The summed E-state index contributed by atoms with van der Waals surface area (Å²) in [5.41, 5.74) is -0.903. The van der Waals surface area contributed by atoms with Crippen LogP contribution < -0.4 is 5.32 Å². The second-order valence-electron chi connectivity index (χ2n) is 6.08. The number of ether oxygens (including phenoxy) is 1. The first-order valence-corrected chi connectivity index (χ1v) is 7.63. The van der Waals surface area contributed by atoms with Crippen LogP contribution in [0.4, 0.5) is 0 Å². The van der Waals surface area contributed by atoms with E-state index in [1.165, 1.54) is 11.5 Å². The zero-order valence-electron chi connectivity index (χ0n) is 12.2. The molecule has 0 aromatic carbocycles. The maximum atomic E-state index is 12.0. The molecule has 0 saturated carbocycles. The molecule has 1 aliphatic rings. The normalized spacial score (nSPS) is 23.6. The topological polar surface area (TPSA) is 71.5 Å². The van der Waals surface area contributed by atoms with Gasteiger partial charge in [-0.2, -0.15) is 4.37 Å². The van der Waals surface area contributed by atoms with E-state index in [1.54, 1.807) is 6.07 Å². The van der Waals surface area contributed by atoms with Crippen molar-refractivity contribution < 1.29 is 14.6 Å². The van der Waals surface area contributed by atoms with Gasteiger partial charge in [0.2, 0.25) is 0 Å². The van der Waals surface area contributed by atoms with Crippen molar-refractivity contribution in [2.24, 2.45) is 5.41 Å². The molecular formula is C14H22N2O3S. The highest BCUT2D eigenvalue weighted by molar-refractivity contribution is 7.05. The first-order valence-electron chi connectivity index (χ1n) is 6.86. The molecule has 1 fully saturated rings. The lowest BCUT2D eigenvalue weighted by Crippen LogP contribution is -2.55. The fourth-order valence-corrected chi connectivity index (χ4v) is 2.89. The van der Waals surface area contributed by atoms with Gasteiger partial charge in [0.15, 0.2) is 0 Å². The van der Waals surface area contributed by atoms with Crippen molar-refractivity contribution in [2.75, 3.05) is 19.8 Å². The standard InChI is InChI=1S/C14H22N2O3S/c1-10-7-11(16-20-10)12(17)15-8-13(2,3)14(18)5-4-6-19-9-14/h7,18H,4-6,8-9H2,1-3H3,(H,15,17). The van der Waals surface area contributed by atoms with Crippen molar-refractivity contribution in [3.8, 4) is 0 Å². The van der Waals surface area contributed by atoms with E-state index < -0.39 is 11.0 Å². The minimum absolute atomic E-state index is 0.192. The van der Waals surface area contributed by atoms with E-state index in [0.717, 1.165) is 11.3 Å². The summed E-state index contributed by atoms with van der Waals surface area (Å²) in [5, 5.41) is 13.6. The zero-order chi connectivity index (χ0) is 14.8. The van der Waals surface area contributed by atoms with Gasteiger partial charge in [-0.1, -0.05) is 13.8 Å². The fourth-order valence-electron chi connectivity index (χ4n) is 2.34. The van der Waals surface area contributed by atoms with Crippen molar-refractivity contribution in [1.82, 2.24) is 9.69 Å². The molecule has 0 spiro atoms. The summed E-state index contributed by atoms with van der Waals surface area (Å²) in [6.45, 7) is 7.24. The van der Waals surface area contributed by atoms with Gasteiger partial charge in [-0.3, -0.25) is 4.79 Å². The van der Waals surface area contributed by atoms with Crippen molar-refractivity contribution in [1.29, 1.82) is 0 Å². The van der Waals surface area contributed by atoms with Crippen LogP contribution in [0.3, 0.4) is 0 Å². The van der Waals surface area contributed by atoms with Gasteiger partial charge >= 0.3 is 0 Å². The van der Waals surface area contributed by atoms with Crippen LogP contribution in [0.2, 0.25) is 0 Å². The zero-order valence-corrected chi connectivity index (χ0v) is 13.0. The number of nitrogens with one attached hydrogen (secondary N) is 1. The third-order valence-corrected chi connectivity index (χ3v) is 4.72. The molecule has 6 heteroatoms. The van der Waals surface area contributed by atoms with E-state index in [9.17, 15) is 9.90 Å². The maximum Gasteiger partial charge on any atom is 0.271 e. The minimum Gasteiger partial charge on any atom is -0.387 e. The number of aromatic nitrogens is 1. The van der Waals surface area contributed by atoms with Gasteiger partial charge in [0.05, 0.1) is 12.2 Å². The van der Waals surface area contributed by atoms with Crippen molar-refractivity contribution in [3.63, 3.8) is 0 Å². The molecule has 1 amide bonds. The molecule has 1 saturated heterocycles. The summed E-state index contributed by atoms with van der Waals surface area (Å²) in [4.78, 5) is 13.0. The van der Waals surface area contributed by atoms with Gasteiger partial charge in [-0.05, 0) is 37.4 Å². The van der Waals surface area contributed by atoms with E-state index in [-0.39, 0.29) is 5.91 Å². The SMILES string of the molecule is Cc1cc(C(=O)NCC(C)(C)C2(O)CCCOC2)ns1. The molecular weight excluding hydrogens is 276 g/mol. The Kier molecular flexibility index (Phi) is 4.46. The Morgan fingerprint density at radius 1 is 1.65 bits per heavy atom. The van der Waals surface area contributed by atoms with Gasteiger partial charge in [-0.15, -0.1) is 0 Å². The van der Waals surface area contributed by atoms with E-state index in [1.807, 2.05) is 20.8 Å². The molecule has 2 N–H and O–H groups in total. The maximum absolute atomic E-state index is 12.0. The van der Waals surface area contributed by atoms with Crippen LogP contribution in [0.5, 0.6) is 0 Å². The largest absolute Gasteiger partial charge is 0.387 e. The molecule has 2 heterocycles. The third kappa shape index (κ3) is 3.19. The Balaban J connectivity index is 1.96.